The summed E-state index contributed by atoms with van der Waals surface area (Å²) >= 11 is 0. The van der Waals surface area contributed by atoms with Gasteiger partial charge in [0, 0.05) is 69.5 Å². The van der Waals surface area contributed by atoms with Crippen molar-refractivity contribution in [1.82, 2.24) is 14.2 Å². The molecule has 0 atom stereocenters. The minimum Gasteiger partial charge on any atom is -0.384 e. The molecule has 40 heavy (non-hydrogen) atoms. The maximum Gasteiger partial charge on any atom is 0.419 e. The Bertz CT molecular complexity index is 1300. The number of piperazine rings is 1. The lowest BCUT2D eigenvalue weighted by Gasteiger charge is -2.35. The first-order valence-electron chi connectivity index (χ1n) is 13.2. The Kier molecular flexibility index (Phi) is 9.41. The fraction of sp³-hybridized carbons (Fsp3) is 0.538. The Hall–Kier alpha value is -3.10. The van der Waals surface area contributed by atoms with E-state index in [2.05, 4.69) is 20.5 Å². The van der Waals surface area contributed by atoms with Crippen LogP contribution in [-0.2, 0) is 25.7 Å². The summed E-state index contributed by atoms with van der Waals surface area (Å²) in [5.41, 5.74) is 1.54. The number of nitrogens with one attached hydrogen (secondary N) is 2. The highest BCUT2D eigenvalue weighted by atomic mass is 32.2. The number of sulfonamides is 1. The summed E-state index contributed by atoms with van der Waals surface area (Å²) in [4.78, 5) is 19.9. The van der Waals surface area contributed by atoms with Gasteiger partial charge in [-0.2, -0.15) is 17.5 Å². The van der Waals surface area contributed by atoms with Gasteiger partial charge in [0.25, 0.3) is 0 Å². The van der Waals surface area contributed by atoms with Crippen LogP contribution in [0.2, 0.25) is 0 Å². The van der Waals surface area contributed by atoms with Gasteiger partial charge < -0.3 is 25.2 Å². The van der Waals surface area contributed by atoms with Crippen LogP contribution in [0.25, 0.3) is 0 Å². The van der Waals surface area contributed by atoms with Crippen molar-refractivity contribution in [3.8, 4) is 0 Å². The summed E-state index contributed by atoms with van der Waals surface area (Å²) in [6.07, 6.45) is -1.77. The number of amides is 1. The Labute approximate surface area is 232 Å². The molecule has 0 saturated carbocycles. The minimum atomic E-state index is -4.58. The van der Waals surface area contributed by atoms with Gasteiger partial charge in [0.2, 0.25) is 15.9 Å². The van der Waals surface area contributed by atoms with Gasteiger partial charge in [-0.3, -0.25) is 4.79 Å². The first kappa shape index (κ1) is 29.9. The molecule has 0 bridgehead atoms. The molecule has 10 nitrogen and oxygen atoms in total. The highest BCUT2D eigenvalue weighted by molar-refractivity contribution is 7.88. The highest BCUT2D eigenvalue weighted by Gasteiger charge is 2.34. The average molecular weight is 585 g/mol. The second-order valence-corrected chi connectivity index (χ2v) is 11.9. The summed E-state index contributed by atoms with van der Waals surface area (Å²) in [7, 11) is -3.22. The number of carbonyl (C=O) groups excluding carboxylic acids is 1. The number of alkyl halides is 3. The maximum atomic E-state index is 13.7. The number of halogens is 3. The van der Waals surface area contributed by atoms with Crippen molar-refractivity contribution in [2.24, 2.45) is 0 Å². The Balaban J connectivity index is 1.40. The molecule has 0 aliphatic carbocycles. The van der Waals surface area contributed by atoms with Crippen LogP contribution in [0.15, 0.2) is 30.5 Å². The number of anilines is 4. The SMILES string of the molecule is Cc1cc(N2CCN(S(C)(=O)=O)CC2)ccc1Nc1cc(NCCCN2CCOCCC2=O)c(C(F)(F)F)cn1. The minimum absolute atomic E-state index is 0.0126. The molecular weight excluding hydrogens is 549 g/mol. The molecule has 2 saturated heterocycles. The zero-order valence-corrected chi connectivity index (χ0v) is 23.4. The van der Waals surface area contributed by atoms with Crippen LogP contribution in [0.1, 0.15) is 24.0 Å². The Morgan fingerprint density at radius 1 is 1.05 bits per heavy atom. The van der Waals surface area contributed by atoms with Crippen molar-refractivity contribution in [3.05, 3.63) is 41.6 Å². The normalized spacial score (nSPS) is 17.6. The van der Waals surface area contributed by atoms with E-state index in [1.165, 1.54) is 16.6 Å². The smallest absolute Gasteiger partial charge is 0.384 e. The lowest BCUT2D eigenvalue weighted by Crippen LogP contribution is -2.48. The summed E-state index contributed by atoms with van der Waals surface area (Å²) in [5, 5.41) is 5.99. The van der Waals surface area contributed by atoms with E-state index in [4.69, 9.17) is 4.74 Å². The largest absolute Gasteiger partial charge is 0.419 e. The summed E-state index contributed by atoms with van der Waals surface area (Å²) in [5.74, 6) is 0.245. The van der Waals surface area contributed by atoms with E-state index in [0.29, 0.717) is 71.0 Å². The number of benzene rings is 1. The molecule has 2 aliphatic rings. The number of hydrogen-bond acceptors (Lipinski definition) is 8. The molecule has 1 aromatic heterocycles. The first-order chi connectivity index (χ1) is 18.9. The van der Waals surface area contributed by atoms with Crippen molar-refractivity contribution in [2.45, 2.75) is 25.9 Å². The van der Waals surface area contributed by atoms with Crippen molar-refractivity contribution in [2.75, 3.05) is 80.8 Å². The predicted octanol–water partition coefficient (Wildman–Crippen LogP) is 3.28. The zero-order chi connectivity index (χ0) is 28.9. The standard InChI is InChI=1S/C26H35F3N6O4S/c1-19-16-20(33-9-11-35(12-10-33)40(2,37)38)4-5-22(19)32-24-17-23(21(18-31-24)26(27,28)29)30-7-3-8-34-13-15-39-14-6-25(34)36/h4-5,16-18H,3,6-15H2,1-2H3,(H2,30,31,32). The van der Waals surface area contributed by atoms with E-state index in [-0.39, 0.29) is 24.0 Å². The van der Waals surface area contributed by atoms with E-state index >= 15 is 0 Å². The number of pyridine rings is 1. The third-order valence-corrected chi connectivity index (χ3v) is 8.30. The third kappa shape index (κ3) is 7.76. The molecule has 0 spiro atoms. The molecule has 2 aromatic rings. The van der Waals surface area contributed by atoms with Crippen molar-refractivity contribution in [1.29, 1.82) is 0 Å². The van der Waals surface area contributed by atoms with Crippen molar-refractivity contribution >= 4 is 38.8 Å². The second kappa shape index (κ2) is 12.6. The quantitative estimate of drug-likeness (QED) is 0.433. The molecule has 0 unspecified atom stereocenters. The van der Waals surface area contributed by atoms with Crippen LogP contribution in [-0.4, -0.2) is 93.8 Å². The highest BCUT2D eigenvalue weighted by Crippen LogP contribution is 2.36. The van der Waals surface area contributed by atoms with E-state index in [0.717, 1.165) is 17.4 Å². The van der Waals surface area contributed by atoms with E-state index in [1.807, 2.05) is 25.1 Å². The van der Waals surface area contributed by atoms with Gasteiger partial charge in [-0.15, -0.1) is 0 Å². The molecule has 2 aliphatic heterocycles. The molecule has 1 aromatic carbocycles. The lowest BCUT2D eigenvalue weighted by atomic mass is 10.1. The van der Waals surface area contributed by atoms with Gasteiger partial charge in [0.1, 0.15) is 5.82 Å². The van der Waals surface area contributed by atoms with Crippen LogP contribution in [0.4, 0.5) is 36.1 Å². The Morgan fingerprint density at radius 3 is 2.48 bits per heavy atom. The van der Waals surface area contributed by atoms with Gasteiger partial charge in [0.15, 0.2) is 0 Å². The van der Waals surface area contributed by atoms with E-state index < -0.39 is 21.8 Å². The third-order valence-electron chi connectivity index (χ3n) is 6.99. The topological polar surface area (TPSA) is 107 Å². The van der Waals surface area contributed by atoms with Gasteiger partial charge in [-0.25, -0.2) is 13.4 Å². The number of carbonyl (C=O) groups is 1. The van der Waals surface area contributed by atoms with Gasteiger partial charge in [-0.05, 0) is 37.1 Å². The van der Waals surface area contributed by atoms with E-state index in [9.17, 15) is 26.4 Å². The van der Waals surface area contributed by atoms with Crippen molar-refractivity contribution < 1.29 is 31.1 Å². The van der Waals surface area contributed by atoms with Gasteiger partial charge in [-0.1, -0.05) is 0 Å². The lowest BCUT2D eigenvalue weighted by molar-refractivity contribution is -0.137. The predicted molar refractivity (Wildman–Crippen MR) is 147 cm³/mol. The van der Waals surface area contributed by atoms with Crippen LogP contribution in [0.5, 0.6) is 0 Å². The van der Waals surface area contributed by atoms with Gasteiger partial charge >= 0.3 is 6.18 Å². The number of ether oxygens (including phenoxy) is 1. The number of aryl methyl sites for hydroxylation is 1. The fourth-order valence-corrected chi connectivity index (χ4v) is 5.57. The molecule has 2 fully saturated rings. The molecule has 4 rings (SSSR count). The molecule has 220 valence electrons. The second-order valence-electron chi connectivity index (χ2n) is 9.91. The van der Waals surface area contributed by atoms with Crippen LogP contribution >= 0.6 is 0 Å². The van der Waals surface area contributed by atoms with Gasteiger partial charge in [0.05, 0.1) is 37.1 Å². The Morgan fingerprint density at radius 2 is 1.80 bits per heavy atom. The molecule has 2 N–H and O–H groups in total. The van der Waals surface area contributed by atoms with Crippen LogP contribution in [0.3, 0.4) is 0 Å². The molecule has 0 radical (unpaired) electrons. The molecule has 1 amide bonds. The number of aromatic nitrogens is 1. The summed E-state index contributed by atoms with van der Waals surface area (Å²) in [6, 6.07) is 7.02. The number of hydrogen-bond donors (Lipinski definition) is 2. The fourth-order valence-electron chi connectivity index (χ4n) is 4.75. The van der Waals surface area contributed by atoms with Crippen LogP contribution in [0, 0.1) is 6.92 Å². The molecule has 14 heteroatoms. The molecule has 3 heterocycles. The van der Waals surface area contributed by atoms with Crippen molar-refractivity contribution in [3.63, 3.8) is 0 Å². The summed E-state index contributed by atoms with van der Waals surface area (Å²) < 4.78 is 71.3. The number of rotatable bonds is 9. The summed E-state index contributed by atoms with van der Waals surface area (Å²) in [6.45, 7) is 5.83. The van der Waals surface area contributed by atoms with Crippen LogP contribution < -0.4 is 15.5 Å². The first-order valence-corrected chi connectivity index (χ1v) is 15.0. The van der Waals surface area contributed by atoms with E-state index in [1.54, 1.807) is 4.90 Å². The monoisotopic (exact) mass is 584 g/mol. The number of nitrogens with zero attached hydrogens (tertiary/aromatic N) is 4. The molecular formula is C26H35F3N6O4S. The maximum absolute atomic E-state index is 13.7. The zero-order valence-electron chi connectivity index (χ0n) is 22.6. The average Bonchev–Trinajstić information content (AvgIpc) is 3.10.